The molecule has 1 heterocycles. The third-order valence-corrected chi connectivity index (χ3v) is 7.82. The van der Waals surface area contributed by atoms with Crippen molar-refractivity contribution in [2.24, 2.45) is 5.92 Å². The van der Waals surface area contributed by atoms with Crippen molar-refractivity contribution in [3.63, 3.8) is 0 Å². The highest BCUT2D eigenvalue weighted by molar-refractivity contribution is 5.93. The molecule has 0 spiro atoms. The number of nitrogens with one attached hydrogen (secondary N) is 1. The number of amides is 1. The van der Waals surface area contributed by atoms with E-state index >= 15 is 0 Å². The topological polar surface area (TPSA) is 69.6 Å². The molecule has 0 radical (unpaired) electrons. The summed E-state index contributed by atoms with van der Waals surface area (Å²) in [4.78, 5) is 26.3. The number of nitrogens with zero attached hydrogens (tertiary/aromatic N) is 1. The highest BCUT2D eigenvalue weighted by Crippen LogP contribution is 2.33. The standard InChI is InChI=1S/C34H34N2O3/c1-24(30-16-8-13-26-12-5-6-15-31(26)30)35-22-29-19-20-36(23-32(29)27-10-3-2-4-11-27)33(37)18-17-25-9-7-14-28(21-25)34(38)39/h2-18,21,24,29,32,35H,19-20,22-23H2,1H3,(H,38,39)/t24-,29?,32?/m1/s1. The molecule has 1 saturated heterocycles. The van der Waals surface area contributed by atoms with Gasteiger partial charge in [-0.3, -0.25) is 4.79 Å². The predicted molar refractivity (Wildman–Crippen MR) is 157 cm³/mol. The molecule has 2 unspecified atom stereocenters. The Labute approximate surface area is 229 Å². The molecule has 1 fully saturated rings. The van der Waals surface area contributed by atoms with Gasteiger partial charge in [-0.15, -0.1) is 0 Å². The van der Waals surface area contributed by atoms with Crippen LogP contribution >= 0.6 is 0 Å². The van der Waals surface area contributed by atoms with Crippen molar-refractivity contribution < 1.29 is 14.7 Å². The second-order valence-corrected chi connectivity index (χ2v) is 10.3. The van der Waals surface area contributed by atoms with Gasteiger partial charge >= 0.3 is 5.97 Å². The molecular weight excluding hydrogens is 484 g/mol. The van der Waals surface area contributed by atoms with Crippen LogP contribution in [0.4, 0.5) is 0 Å². The van der Waals surface area contributed by atoms with E-state index in [2.05, 4.69) is 79.0 Å². The van der Waals surface area contributed by atoms with E-state index < -0.39 is 5.97 Å². The van der Waals surface area contributed by atoms with E-state index in [1.807, 2.05) is 11.0 Å². The molecule has 198 valence electrons. The Hall–Kier alpha value is -4.22. The van der Waals surface area contributed by atoms with E-state index in [4.69, 9.17) is 0 Å². The van der Waals surface area contributed by atoms with Crippen LogP contribution in [0.25, 0.3) is 16.8 Å². The molecule has 2 N–H and O–H groups in total. The monoisotopic (exact) mass is 518 g/mol. The number of hydrogen-bond acceptors (Lipinski definition) is 3. The third-order valence-electron chi connectivity index (χ3n) is 7.82. The fraction of sp³-hybridized carbons (Fsp3) is 0.235. The summed E-state index contributed by atoms with van der Waals surface area (Å²) in [5, 5.41) is 15.6. The van der Waals surface area contributed by atoms with Crippen LogP contribution in [0, 0.1) is 5.92 Å². The molecule has 0 bridgehead atoms. The molecule has 4 aromatic carbocycles. The number of benzene rings is 4. The summed E-state index contributed by atoms with van der Waals surface area (Å²) in [5.74, 6) is -0.412. The van der Waals surface area contributed by atoms with Crippen LogP contribution in [0.3, 0.4) is 0 Å². The zero-order valence-corrected chi connectivity index (χ0v) is 22.2. The van der Waals surface area contributed by atoms with E-state index in [1.165, 1.54) is 21.9 Å². The smallest absolute Gasteiger partial charge is 0.335 e. The van der Waals surface area contributed by atoms with E-state index in [-0.39, 0.29) is 23.4 Å². The van der Waals surface area contributed by atoms with Gasteiger partial charge < -0.3 is 15.3 Å². The number of carboxylic acids is 1. The van der Waals surface area contributed by atoms with Crippen LogP contribution in [0.1, 0.15) is 52.4 Å². The van der Waals surface area contributed by atoms with Crippen molar-refractivity contribution in [1.82, 2.24) is 10.2 Å². The van der Waals surface area contributed by atoms with Crippen molar-refractivity contribution in [3.8, 4) is 0 Å². The van der Waals surface area contributed by atoms with Crippen LogP contribution in [-0.2, 0) is 4.79 Å². The minimum absolute atomic E-state index is 0.0489. The zero-order valence-electron chi connectivity index (χ0n) is 22.2. The van der Waals surface area contributed by atoms with Crippen LogP contribution in [0.2, 0.25) is 0 Å². The predicted octanol–water partition coefficient (Wildman–Crippen LogP) is 6.53. The van der Waals surface area contributed by atoms with Gasteiger partial charge in [0.15, 0.2) is 0 Å². The molecule has 3 atom stereocenters. The molecule has 1 amide bonds. The molecule has 4 aromatic rings. The van der Waals surface area contributed by atoms with Gasteiger partial charge in [0.05, 0.1) is 5.56 Å². The highest BCUT2D eigenvalue weighted by Gasteiger charge is 2.32. The third kappa shape index (κ3) is 6.27. The van der Waals surface area contributed by atoms with Gasteiger partial charge in [0.1, 0.15) is 0 Å². The second-order valence-electron chi connectivity index (χ2n) is 10.3. The first-order valence-corrected chi connectivity index (χ1v) is 13.6. The summed E-state index contributed by atoms with van der Waals surface area (Å²) in [7, 11) is 0. The molecular formula is C34H34N2O3. The average molecular weight is 519 g/mol. The number of carbonyl (C=O) groups excluding carboxylic acids is 1. The fourth-order valence-corrected chi connectivity index (χ4v) is 5.64. The van der Waals surface area contributed by atoms with E-state index in [0.717, 1.165) is 13.0 Å². The Morgan fingerprint density at radius 3 is 2.54 bits per heavy atom. The van der Waals surface area contributed by atoms with Gasteiger partial charge in [-0.1, -0.05) is 84.9 Å². The number of aromatic carboxylic acids is 1. The van der Waals surface area contributed by atoms with Crippen molar-refractivity contribution in [3.05, 3.63) is 125 Å². The van der Waals surface area contributed by atoms with Crippen LogP contribution in [0.5, 0.6) is 0 Å². The summed E-state index contributed by atoms with van der Waals surface area (Å²) in [6.45, 7) is 4.43. The molecule has 1 aliphatic rings. The summed E-state index contributed by atoms with van der Waals surface area (Å²) < 4.78 is 0. The number of rotatable bonds is 8. The first-order valence-electron chi connectivity index (χ1n) is 13.6. The molecule has 0 aliphatic carbocycles. The lowest BCUT2D eigenvalue weighted by atomic mass is 9.80. The SMILES string of the molecule is C[C@@H](NCC1CCN(C(=O)C=Cc2cccc(C(=O)O)c2)CC1c1ccccc1)c1cccc2ccccc12. The summed E-state index contributed by atoms with van der Waals surface area (Å²) in [6.07, 6.45) is 4.17. The quantitative estimate of drug-likeness (QED) is 0.260. The Kier molecular flexibility index (Phi) is 8.18. The Morgan fingerprint density at radius 2 is 1.72 bits per heavy atom. The van der Waals surface area contributed by atoms with Crippen LogP contribution in [0.15, 0.2) is 103 Å². The highest BCUT2D eigenvalue weighted by atomic mass is 16.4. The Balaban J connectivity index is 1.28. The maximum Gasteiger partial charge on any atom is 0.335 e. The van der Waals surface area contributed by atoms with Crippen molar-refractivity contribution in [1.29, 1.82) is 0 Å². The van der Waals surface area contributed by atoms with Crippen LogP contribution in [-0.4, -0.2) is 41.5 Å². The molecule has 0 saturated carbocycles. The van der Waals surface area contributed by atoms with E-state index in [1.54, 1.807) is 36.4 Å². The Morgan fingerprint density at radius 1 is 0.974 bits per heavy atom. The molecule has 1 aliphatic heterocycles. The number of fused-ring (bicyclic) bond motifs is 1. The number of carbonyl (C=O) groups is 2. The minimum Gasteiger partial charge on any atom is -0.478 e. The average Bonchev–Trinajstić information content (AvgIpc) is 2.99. The largest absolute Gasteiger partial charge is 0.478 e. The van der Waals surface area contributed by atoms with Crippen molar-refractivity contribution >= 4 is 28.7 Å². The number of hydrogen-bond donors (Lipinski definition) is 2. The van der Waals surface area contributed by atoms with E-state index in [0.29, 0.717) is 24.6 Å². The summed E-state index contributed by atoms with van der Waals surface area (Å²) in [5.41, 5.74) is 3.45. The van der Waals surface area contributed by atoms with Gasteiger partial charge in [0, 0.05) is 31.1 Å². The maximum absolute atomic E-state index is 13.2. The lowest BCUT2D eigenvalue weighted by Gasteiger charge is -2.39. The number of piperidine rings is 1. The van der Waals surface area contributed by atoms with E-state index in [9.17, 15) is 14.7 Å². The first kappa shape index (κ1) is 26.4. The zero-order chi connectivity index (χ0) is 27.2. The molecule has 0 aromatic heterocycles. The summed E-state index contributed by atoms with van der Waals surface area (Å²) in [6, 6.07) is 32.3. The Bertz CT molecular complexity index is 1480. The molecule has 39 heavy (non-hydrogen) atoms. The van der Waals surface area contributed by atoms with Gasteiger partial charge in [-0.2, -0.15) is 0 Å². The first-order chi connectivity index (χ1) is 19.0. The molecule has 5 heteroatoms. The lowest BCUT2D eigenvalue weighted by Crippen LogP contribution is -2.45. The fourth-order valence-electron chi connectivity index (χ4n) is 5.64. The van der Waals surface area contributed by atoms with Gasteiger partial charge in [-0.25, -0.2) is 4.79 Å². The molecule has 5 rings (SSSR count). The normalized spacial score (nSPS) is 18.3. The maximum atomic E-state index is 13.2. The lowest BCUT2D eigenvalue weighted by molar-refractivity contribution is -0.127. The number of carboxylic acid groups (broad SMARTS) is 1. The minimum atomic E-state index is -0.979. The van der Waals surface area contributed by atoms with Crippen molar-refractivity contribution in [2.45, 2.75) is 25.3 Å². The van der Waals surface area contributed by atoms with Crippen LogP contribution < -0.4 is 5.32 Å². The molecule has 5 nitrogen and oxygen atoms in total. The van der Waals surface area contributed by atoms with Gasteiger partial charge in [-0.05, 0) is 71.5 Å². The van der Waals surface area contributed by atoms with Gasteiger partial charge in [0.25, 0.3) is 0 Å². The van der Waals surface area contributed by atoms with Gasteiger partial charge in [0.2, 0.25) is 5.91 Å². The van der Waals surface area contributed by atoms with Crippen molar-refractivity contribution in [2.75, 3.05) is 19.6 Å². The number of likely N-dealkylation sites (tertiary alicyclic amines) is 1. The summed E-state index contributed by atoms with van der Waals surface area (Å²) >= 11 is 0. The second kappa shape index (κ2) is 12.1.